The van der Waals surface area contributed by atoms with E-state index in [0.717, 1.165) is 30.1 Å². The number of thiophene rings is 1. The molecular weight excluding hydrogens is 364 g/mol. The van der Waals surface area contributed by atoms with Crippen LogP contribution in [-0.4, -0.2) is 9.66 Å². The number of aromatic nitrogens is 2. The van der Waals surface area contributed by atoms with E-state index >= 15 is 0 Å². The predicted molar refractivity (Wildman–Crippen MR) is 95.0 cm³/mol. The summed E-state index contributed by atoms with van der Waals surface area (Å²) in [5.41, 5.74) is 1.71. The summed E-state index contributed by atoms with van der Waals surface area (Å²) < 4.78 is 2.14. The lowest BCUT2D eigenvalue weighted by Crippen LogP contribution is -2.32. The second-order valence-electron chi connectivity index (χ2n) is 5.03. The maximum absolute atomic E-state index is 12.4. The number of nitrogens with two attached hydrogens (primary N) is 1. The maximum Gasteiger partial charge on any atom is 0.281 e. The number of nitrogens with zero attached hydrogens (tertiary/aromatic N) is 2. The van der Waals surface area contributed by atoms with Crippen LogP contribution < -0.4 is 16.7 Å². The van der Waals surface area contributed by atoms with Crippen molar-refractivity contribution in [2.45, 2.75) is 20.4 Å². The first-order valence-corrected chi connectivity index (χ1v) is 8.34. The van der Waals surface area contributed by atoms with E-state index in [1.54, 1.807) is 0 Å². The van der Waals surface area contributed by atoms with Crippen molar-refractivity contribution in [2.75, 3.05) is 11.2 Å². The molecule has 0 aliphatic carbocycles. The molecule has 0 aliphatic heterocycles. The topological polar surface area (TPSA) is 72.9 Å². The van der Waals surface area contributed by atoms with Crippen LogP contribution in [0.2, 0.25) is 0 Å². The van der Waals surface area contributed by atoms with Gasteiger partial charge in [-0.15, -0.1) is 11.3 Å². The molecular formula is C15H15BrN4OS. The van der Waals surface area contributed by atoms with E-state index in [-0.39, 0.29) is 5.56 Å². The molecule has 0 radical (unpaired) electrons. The third-order valence-electron chi connectivity index (χ3n) is 3.60. The summed E-state index contributed by atoms with van der Waals surface area (Å²) in [5.74, 6) is 6.43. The van der Waals surface area contributed by atoms with Crippen LogP contribution in [0.5, 0.6) is 0 Å². The van der Waals surface area contributed by atoms with Crippen molar-refractivity contribution in [1.29, 1.82) is 0 Å². The van der Waals surface area contributed by atoms with Crippen molar-refractivity contribution in [1.82, 2.24) is 9.66 Å². The number of rotatable bonds is 3. The highest BCUT2D eigenvalue weighted by atomic mass is 79.9. The largest absolute Gasteiger partial charge is 0.378 e. The first-order valence-electron chi connectivity index (χ1n) is 6.73. The van der Waals surface area contributed by atoms with Gasteiger partial charge >= 0.3 is 0 Å². The molecule has 22 heavy (non-hydrogen) atoms. The van der Waals surface area contributed by atoms with Crippen LogP contribution in [0.4, 0.5) is 5.69 Å². The van der Waals surface area contributed by atoms with Gasteiger partial charge in [0.15, 0.2) is 5.82 Å². The Labute approximate surface area is 139 Å². The van der Waals surface area contributed by atoms with Gasteiger partial charge in [0.1, 0.15) is 4.83 Å². The fourth-order valence-corrected chi connectivity index (χ4v) is 3.52. The minimum absolute atomic E-state index is 0.195. The fourth-order valence-electron chi connectivity index (χ4n) is 2.22. The Morgan fingerprint density at radius 3 is 2.68 bits per heavy atom. The van der Waals surface area contributed by atoms with Gasteiger partial charge in [0.25, 0.3) is 5.56 Å². The summed E-state index contributed by atoms with van der Waals surface area (Å²) in [6, 6.07) is 7.78. The zero-order chi connectivity index (χ0) is 15.9. The molecule has 114 valence electrons. The third-order valence-corrected chi connectivity index (χ3v) is 5.23. The van der Waals surface area contributed by atoms with E-state index in [0.29, 0.717) is 17.8 Å². The van der Waals surface area contributed by atoms with Crippen molar-refractivity contribution in [3.63, 3.8) is 0 Å². The molecule has 0 saturated heterocycles. The van der Waals surface area contributed by atoms with Gasteiger partial charge in [-0.25, -0.2) is 9.66 Å². The zero-order valence-electron chi connectivity index (χ0n) is 12.2. The van der Waals surface area contributed by atoms with Crippen LogP contribution in [0.25, 0.3) is 10.2 Å². The number of benzene rings is 1. The quantitative estimate of drug-likeness (QED) is 0.686. The first-order chi connectivity index (χ1) is 10.5. The molecule has 7 heteroatoms. The molecule has 0 fully saturated rings. The van der Waals surface area contributed by atoms with Crippen molar-refractivity contribution < 1.29 is 0 Å². The molecule has 0 amide bonds. The molecule has 3 rings (SSSR count). The smallest absolute Gasteiger partial charge is 0.281 e. The van der Waals surface area contributed by atoms with Crippen LogP contribution in [0.15, 0.2) is 33.5 Å². The minimum atomic E-state index is -0.195. The van der Waals surface area contributed by atoms with Gasteiger partial charge in [0.05, 0.1) is 11.9 Å². The van der Waals surface area contributed by atoms with E-state index in [1.165, 1.54) is 11.3 Å². The number of nitrogens with one attached hydrogen (secondary N) is 1. The second kappa shape index (κ2) is 5.73. The second-order valence-corrected chi connectivity index (χ2v) is 7.15. The van der Waals surface area contributed by atoms with E-state index in [4.69, 9.17) is 5.84 Å². The predicted octanol–water partition coefficient (Wildman–Crippen LogP) is 3.16. The Morgan fingerprint density at radius 2 is 2.00 bits per heavy atom. The van der Waals surface area contributed by atoms with Crippen molar-refractivity contribution in [3.8, 4) is 0 Å². The van der Waals surface area contributed by atoms with E-state index in [1.807, 2.05) is 38.1 Å². The highest BCUT2D eigenvalue weighted by Crippen LogP contribution is 2.26. The van der Waals surface area contributed by atoms with Gasteiger partial charge in [-0.3, -0.25) is 4.79 Å². The van der Waals surface area contributed by atoms with E-state index in [2.05, 4.69) is 26.2 Å². The molecule has 5 nitrogen and oxygen atoms in total. The Hall–Kier alpha value is -1.86. The molecule has 0 aliphatic rings. The molecule has 0 bridgehead atoms. The Bertz CT molecular complexity index is 899. The lowest BCUT2D eigenvalue weighted by atomic mass is 10.2. The number of hydrogen-bond acceptors (Lipinski definition) is 5. The molecule has 3 N–H and O–H groups in total. The molecule has 2 heterocycles. The Balaban J connectivity index is 1.95. The lowest BCUT2D eigenvalue weighted by Gasteiger charge is -2.10. The summed E-state index contributed by atoms with van der Waals surface area (Å²) >= 11 is 4.92. The minimum Gasteiger partial charge on any atom is -0.378 e. The summed E-state index contributed by atoms with van der Waals surface area (Å²) in [5, 5.41) is 3.85. The molecule has 0 saturated carbocycles. The van der Waals surface area contributed by atoms with Crippen LogP contribution in [0, 0.1) is 13.8 Å². The van der Waals surface area contributed by atoms with Gasteiger partial charge in [0.2, 0.25) is 0 Å². The molecule has 0 spiro atoms. The first kappa shape index (κ1) is 15.1. The molecule has 2 aromatic heterocycles. The molecule has 0 atom stereocenters. The van der Waals surface area contributed by atoms with Crippen LogP contribution in [0.3, 0.4) is 0 Å². The SMILES string of the molecule is Cc1sc2nc(CNc3ccc(Br)cc3)n(N)c(=O)c2c1C. The molecule has 0 unspecified atom stereocenters. The molecule has 1 aromatic carbocycles. The highest BCUT2D eigenvalue weighted by molar-refractivity contribution is 9.10. The standard InChI is InChI=1S/C15H15BrN4OS/c1-8-9(2)22-14-13(8)15(21)20(17)12(19-14)7-18-11-5-3-10(16)4-6-11/h3-6,18H,7,17H2,1-2H3. The number of nitrogen functional groups attached to an aromatic ring is 1. The van der Waals surface area contributed by atoms with Crippen molar-refractivity contribution >= 4 is 43.2 Å². The number of anilines is 1. The number of hydrogen-bond donors (Lipinski definition) is 2. The number of aryl methyl sites for hydroxylation is 2. The highest BCUT2D eigenvalue weighted by Gasteiger charge is 2.14. The van der Waals surface area contributed by atoms with Crippen LogP contribution in [-0.2, 0) is 6.54 Å². The summed E-state index contributed by atoms with van der Waals surface area (Å²) in [7, 11) is 0. The van der Waals surface area contributed by atoms with Crippen LogP contribution in [0.1, 0.15) is 16.3 Å². The van der Waals surface area contributed by atoms with Crippen molar-refractivity contribution in [3.05, 3.63) is 55.4 Å². The maximum atomic E-state index is 12.4. The average molecular weight is 379 g/mol. The Kier molecular flexibility index (Phi) is 3.92. The lowest BCUT2D eigenvalue weighted by molar-refractivity contribution is 0.806. The number of fused-ring (bicyclic) bond motifs is 1. The Morgan fingerprint density at radius 1 is 1.32 bits per heavy atom. The van der Waals surface area contributed by atoms with Crippen LogP contribution >= 0.6 is 27.3 Å². The normalized spacial score (nSPS) is 11.0. The monoisotopic (exact) mass is 378 g/mol. The number of halogens is 1. The van der Waals surface area contributed by atoms with Gasteiger partial charge in [-0.2, -0.15) is 0 Å². The van der Waals surface area contributed by atoms with Gasteiger partial charge < -0.3 is 11.2 Å². The average Bonchev–Trinajstić information content (AvgIpc) is 2.78. The summed E-state index contributed by atoms with van der Waals surface area (Å²) in [4.78, 5) is 18.8. The van der Waals surface area contributed by atoms with E-state index in [9.17, 15) is 4.79 Å². The van der Waals surface area contributed by atoms with Gasteiger partial charge in [-0.1, -0.05) is 15.9 Å². The van der Waals surface area contributed by atoms with E-state index < -0.39 is 0 Å². The third kappa shape index (κ3) is 2.62. The summed E-state index contributed by atoms with van der Waals surface area (Å²) in [6.45, 7) is 4.30. The van der Waals surface area contributed by atoms with Crippen molar-refractivity contribution in [2.24, 2.45) is 0 Å². The zero-order valence-corrected chi connectivity index (χ0v) is 14.6. The summed E-state index contributed by atoms with van der Waals surface area (Å²) in [6.07, 6.45) is 0. The van der Waals surface area contributed by atoms with Gasteiger partial charge in [-0.05, 0) is 43.7 Å². The molecule has 3 aromatic rings. The van der Waals surface area contributed by atoms with Gasteiger partial charge in [0, 0.05) is 15.0 Å². The fraction of sp³-hybridized carbons (Fsp3) is 0.200.